The molecule has 1 fully saturated rings. The van der Waals surface area contributed by atoms with Crippen LogP contribution in [-0.4, -0.2) is 26.2 Å². The molecule has 0 saturated carbocycles. The topological polar surface area (TPSA) is 51.2 Å². The minimum Gasteiger partial charge on any atom is -0.298 e. The fourth-order valence-corrected chi connectivity index (χ4v) is 3.86. The summed E-state index contributed by atoms with van der Waals surface area (Å²) >= 11 is 0. The van der Waals surface area contributed by atoms with Gasteiger partial charge in [0.1, 0.15) is 16.1 Å². The average Bonchev–Trinajstić information content (AvgIpc) is 2.32. The molecule has 0 atom stereocenters. The van der Waals surface area contributed by atoms with Crippen LogP contribution in [-0.2, 0) is 16.3 Å². The molecule has 0 N–H and O–H groups in total. The van der Waals surface area contributed by atoms with Crippen molar-refractivity contribution in [3.63, 3.8) is 0 Å². The average molecular weight is 252 g/mol. The van der Waals surface area contributed by atoms with Crippen LogP contribution < -0.4 is 0 Å². The Kier molecular flexibility index (Phi) is 3.62. The highest BCUT2D eigenvalue weighted by atomic mass is 32.2. The molecular formula is C13H16O3S. The van der Waals surface area contributed by atoms with Crippen LogP contribution in [0.15, 0.2) is 24.3 Å². The lowest BCUT2D eigenvalue weighted by Gasteiger charge is -2.21. The predicted molar refractivity (Wildman–Crippen MR) is 66.9 cm³/mol. The Morgan fingerprint density at radius 3 is 2.59 bits per heavy atom. The molecular weight excluding hydrogens is 236 g/mol. The molecule has 1 saturated heterocycles. The molecule has 1 heterocycles. The molecule has 0 aromatic heterocycles. The molecule has 0 spiro atoms. The number of aldehydes is 1. The zero-order valence-corrected chi connectivity index (χ0v) is 10.4. The van der Waals surface area contributed by atoms with Gasteiger partial charge in [0.25, 0.3) is 0 Å². The lowest BCUT2D eigenvalue weighted by Crippen LogP contribution is -2.24. The number of sulfone groups is 1. The molecule has 92 valence electrons. The maximum absolute atomic E-state index is 11.3. The zero-order valence-electron chi connectivity index (χ0n) is 9.63. The summed E-state index contributed by atoms with van der Waals surface area (Å²) in [6.45, 7) is 0. The Labute approximate surface area is 102 Å². The molecule has 3 nitrogen and oxygen atoms in total. The second-order valence-electron chi connectivity index (χ2n) is 4.66. The van der Waals surface area contributed by atoms with E-state index in [4.69, 9.17) is 0 Å². The highest BCUT2D eigenvalue weighted by Crippen LogP contribution is 2.23. The number of carbonyl (C=O) groups is 1. The van der Waals surface area contributed by atoms with Crippen LogP contribution >= 0.6 is 0 Å². The van der Waals surface area contributed by atoms with Gasteiger partial charge in [0, 0.05) is 5.56 Å². The van der Waals surface area contributed by atoms with Gasteiger partial charge in [-0.3, -0.25) is 4.79 Å². The maximum atomic E-state index is 11.3. The number of rotatable bonds is 3. The molecule has 1 aliphatic heterocycles. The van der Waals surface area contributed by atoms with Gasteiger partial charge in [-0.1, -0.05) is 18.2 Å². The number of hydrogen-bond acceptors (Lipinski definition) is 3. The Morgan fingerprint density at radius 2 is 1.94 bits per heavy atom. The molecule has 1 aliphatic rings. The molecule has 0 bridgehead atoms. The Morgan fingerprint density at radius 1 is 1.24 bits per heavy atom. The van der Waals surface area contributed by atoms with Gasteiger partial charge in [0.05, 0.1) is 11.5 Å². The van der Waals surface area contributed by atoms with Gasteiger partial charge in [-0.05, 0) is 36.8 Å². The van der Waals surface area contributed by atoms with E-state index in [2.05, 4.69) is 0 Å². The second kappa shape index (κ2) is 5.00. The van der Waals surface area contributed by atoms with E-state index >= 15 is 0 Å². The Bertz CT molecular complexity index is 491. The molecule has 1 aromatic rings. The second-order valence-corrected chi connectivity index (χ2v) is 6.97. The van der Waals surface area contributed by atoms with Crippen molar-refractivity contribution in [2.24, 2.45) is 5.92 Å². The molecule has 4 heteroatoms. The van der Waals surface area contributed by atoms with Gasteiger partial charge < -0.3 is 0 Å². The van der Waals surface area contributed by atoms with Crippen molar-refractivity contribution >= 4 is 16.1 Å². The maximum Gasteiger partial charge on any atom is 0.150 e. The van der Waals surface area contributed by atoms with E-state index in [1.165, 1.54) is 0 Å². The van der Waals surface area contributed by atoms with E-state index in [1.807, 2.05) is 18.2 Å². The third kappa shape index (κ3) is 3.40. The standard InChI is InChI=1S/C13H16O3S/c14-10-13-3-1-2-12(9-13)8-11-4-6-17(15,16)7-5-11/h1-3,9-11H,4-8H2. The van der Waals surface area contributed by atoms with Crippen LogP contribution in [0.5, 0.6) is 0 Å². The third-order valence-corrected chi connectivity index (χ3v) is 5.00. The van der Waals surface area contributed by atoms with Gasteiger partial charge in [-0.25, -0.2) is 8.42 Å². The minimum absolute atomic E-state index is 0.311. The van der Waals surface area contributed by atoms with Crippen molar-refractivity contribution in [3.05, 3.63) is 35.4 Å². The van der Waals surface area contributed by atoms with Crippen LogP contribution in [0.1, 0.15) is 28.8 Å². The van der Waals surface area contributed by atoms with E-state index in [0.717, 1.165) is 31.1 Å². The van der Waals surface area contributed by atoms with Gasteiger partial charge in [0.2, 0.25) is 0 Å². The largest absolute Gasteiger partial charge is 0.298 e. The lowest BCUT2D eigenvalue weighted by molar-refractivity contribution is 0.112. The molecule has 0 aliphatic carbocycles. The monoisotopic (exact) mass is 252 g/mol. The quantitative estimate of drug-likeness (QED) is 0.772. The molecule has 0 unspecified atom stereocenters. The summed E-state index contributed by atoms with van der Waals surface area (Å²) in [4.78, 5) is 10.7. The smallest absolute Gasteiger partial charge is 0.150 e. The fourth-order valence-electron chi connectivity index (χ4n) is 2.27. The summed E-state index contributed by atoms with van der Waals surface area (Å²) in [5.41, 5.74) is 1.81. The SMILES string of the molecule is O=Cc1cccc(CC2CCS(=O)(=O)CC2)c1. The normalized spacial score (nSPS) is 20.0. The summed E-state index contributed by atoms with van der Waals surface area (Å²) in [5.74, 6) is 1.05. The summed E-state index contributed by atoms with van der Waals surface area (Å²) in [6.07, 6.45) is 3.20. The molecule has 0 radical (unpaired) electrons. The van der Waals surface area contributed by atoms with Crippen LogP contribution in [0.25, 0.3) is 0 Å². The summed E-state index contributed by atoms with van der Waals surface area (Å²) in [5, 5.41) is 0. The van der Waals surface area contributed by atoms with Crippen LogP contribution in [0.4, 0.5) is 0 Å². The van der Waals surface area contributed by atoms with Crippen molar-refractivity contribution in [1.82, 2.24) is 0 Å². The molecule has 1 aromatic carbocycles. The zero-order chi connectivity index (χ0) is 12.3. The number of carbonyl (C=O) groups excluding carboxylic acids is 1. The van der Waals surface area contributed by atoms with E-state index in [1.54, 1.807) is 6.07 Å². The number of hydrogen-bond donors (Lipinski definition) is 0. The summed E-state index contributed by atoms with van der Waals surface area (Å²) in [6, 6.07) is 7.53. The van der Waals surface area contributed by atoms with Gasteiger partial charge in [0.15, 0.2) is 0 Å². The minimum atomic E-state index is -2.78. The van der Waals surface area contributed by atoms with Crippen LogP contribution in [0, 0.1) is 5.92 Å². The van der Waals surface area contributed by atoms with E-state index in [0.29, 0.717) is 23.0 Å². The first-order valence-electron chi connectivity index (χ1n) is 5.83. The van der Waals surface area contributed by atoms with E-state index in [9.17, 15) is 13.2 Å². The Balaban J connectivity index is 1.99. The van der Waals surface area contributed by atoms with Crippen molar-refractivity contribution in [2.75, 3.05) is 11.5 Å². The van der Waals surface area contributed by atoms with Crippen molar-refractivity contribution in [3.8, 4) is 0 Å². The first-order valence-corrected chi connectivity index (χ1v) is 7.66. The summed E-state index contributed by atoms with van der Waals surface area (Å²) < 4.78 is 22.6. The first kappa shape index (κ1) is 12.3. The first-order chi connectivity index (χ1) is 8.09. The molecule has 0 amide bonds. The predicted octanol–water partition coefficient (Wildman–Crippen LogP) is 1.87. The van der Waals surface area contributed by atoms with Crippen LogP contribution in [0.3, 0.4) is 0 Å². The lowest BCUT2D eigenvalue weighted by atomic mass is 9.93. The fraction of sp³-hybridized carbons (Fsp3) is 0.462. The molecule has 17 heavy (non-hydrogen) atoms. The van der Waals surface area contributed by atoms with Gasteiger partial charge in [-0.15, -0.1) is 0 Å². The van der Waals surface area contributed by atoms with E-state index < -0.39 is 9.84 Å². The third-order valence-electron chi connectivity index (χ3n) is 3.29. The van der Waals surface area contributed by atoms with Crippen molar-refractivity contribution < 1.29 is 13.2 Å². The summed E-state index contributed by atoms with van der Waals surface area (Å²) in [7, 11) is -2.78. The van der Waals surface area contributed by atoms with Gasteiger partial charge in [-0.2, -0.15) is 0 Å². The molecule has 2 rings (SSSR count). The van der Waals surface area contributed by atoms with E-state index in [-0.39, 0.29) is 0 Å². The van der Waals surface area contributed by atoms with Crippen LogP contribution in [0.2, 0.25) is 0 Å². The van der Waals surface area contributed by atoms with Gasteiger partial charge >= 0.3 is 0 Å². The Hall–Kier alpha value is -1.16. The van der Waals surface area contributed by atoms with Crippen molar-refractivity contribution in [1.29, 1.82) is 0 Å². The van der Waals surface area contributed by atoms with Crippen molar-refractivity contribution in [2.45, 2.75) is 19.3 Å². The highest BCUT2D eigenvalue weighted by Gasteiger charge is 2.23. The number of benzene rings is 1. The highest BCUT2D eigenvalue weighted by molar-refractivity contribution is 7.91.